The second-order valence-electron chi connectivity index (χ2n) is 5.53. The summed E-state index contributed by atoms with van der Waals surface area (Å²) in [5.41, 5.74) is 0.973. The molecule has 0 aromatic carbocycles. The quantitative estimate of drug-likeness (QED) is 0.820. The lowest BCUT2D eigenvalue weighted by atomic mass is 10.0. The van der Waals surface area contributed by atoms with Crippen LogP contribution in [0.3, 0.4) is 0 Å². The predicted octanol–water partition coefficient (Wildman–Crippen LogP) is 1.86. The molecule has 0 amide bonds. The monoisotopic (exact) mass is 248 g/mol. The van der Waals surface area contributed by atoms with Crippen LogP contribution in [0.15, 0.2) is 10.9 Å². The van der Waals surface area contributed by atoms with Crippen molar-refractivity contribution >= 4 is 0 Å². The zero-order chi connectivity index (χ0) is 12.5. The van der Waals surface area contributed by atoms with E-state index in [-0.39, 0.29) is 5.56 Å². The molecular formula is C14H20N2O2. The lowest BCUT2D eigenvalue weighted by Crippen LogP contribution is -2.30. The Bertz CT molecular complexity index is 485. The van der Waals surface area contributed by atoms with Crippen LogP contribution in [0.1, 0.15) is 43.1 Å². The highest BCUT2D eigenvalue weighted by atomic mass is 16.5. The van der Waals surface area contributed by atoms with Crippen molar-refractivity contribution in [2.45, 2.75) is 45.1 Å². The summed E-state index contributed by atoms with van der Waals surface area (Å²) in [6.45, 7) is 4.39. The van der Waals surface area contributed by atoms with Gasteiger partial charge in [-0.05, 0) is 38.5 Å². The molecule has 0 spiro atoms. The molecule has 2 heterocycles. The highest BCUT2D eigenvalue weighted by molar-refractivity contribution is 5.11. The molecule has 0 unspecified atom stereocenters. The molecule has 1 aliphatic carbocycles. The molecule has 1 saturated carbocycles. The Morgan fingerprint density at radius 1 is 1.33 bits per heavy atom. The van der Waals surface area contributed by atoms with E-state index < -0.39 is 0 Å². The molecule has 1 aromatic rings. The van der Waals surface area contributed by atoms with Crippen LogP contribution in [0.25, 0.3) is 0 Å². The molecule has 0 N–H and O–H groups in total. The van der Waals surface area contributed by atoms with Crippen LogP contribution in [-0.2, 0) is 11.3 Å². The van der Waals surface area contributed by atoms with Crippen LogP contribution >= 0.6 is 0 Å². The van der Waals surface area contributed by atoms with Gasteiger partial charge >= 0.3 is 0 Å². The topological polar surface area (TPSA) is 44.1 Å². The van der Waals surface area contributed by atoms with Gasteiger partial charge in [-0.1, -0.05) is 0 Å². The zero-order valence-electron chi connectivity index (χ0n) is 10.9. The number of aryl methyl sites for hydroxylation is 1. The highest BCUT2D eigenvalue weighted by Crippen LogP contribution is 2.38. The van der Waals surface area contributed by atoms with Gasteiger partial charge in [0.15, 0.2) is 0 Å². The Morgan fingerprint density at radius 3 is 2.72 bits per heavy atom. The van der Waals surface area contributed by atoms with E-state index in [4.69, 9.17) is 4.74 Å². The van der Waals surface area contributed by atoms with Gasteiger partial charge in [0.1, 0.15) is 5.82 Å². The molecule has 1 aliphatic heterocycles. The molecule has 2 fully saturated rings. The standard InChI is InChI=1S/C14H20N2O2/c1-10-8-13(17)16(14(15-10)12-2-3-12)9-11-4-6-18-7-5-11/h8,11-12H,2-7,9H2,1H3. The van der Waals surface area contributed by atoms with Crippen LogP contribution < -0.4 is 5.56 Å². The molecular weight excluding hydrogens is 228 g/mol. The molecule has 0 atom stereocenters. The molecule has 4 nitrogen and oxygen atoms in total. The number of aromatic nitrogens is 2. The van der Waals surface area contributed by atoms with E-state index in [1.54, 1.807) is 6.07 Å². The minimum absolute atomic E-state index is 0.121. The SMILES string of the molecule is Cc1cc(=O)n(CC2CCOCC2)c(C2CC2)n1. The Labute approximate surface area is 107 Å². The van der Waals surface area contributed by atoms with Crippen molar-refractivity contribution in [2.24, 2.45) is 5.92 Å². The molecule has 3 rings (SSSR count). The van der Waals surface area contributed by atoms with Crippen molar-refractivity contribution in [1.29, 1.82) is 0 Å². The molecule has 4 heteroatoms. The largest absolute Gasteiger partial charge is 0.381 e. The maximum absolute atomic E-state index is 12.2. The van der Waals surface area contributed by atoms with Gasteiger partial charge in [0.2, 0.25) is 0 Å². The molecule has 18 heavy (non-hydrogen) atoms. The summed E-state index contributed by atoms with van der Waals surface area (Å²) >= 11 is 0. The van der Waals surface area contributed by atoms with Gasteiger partial charge in [-0.25, -0.2) is 4.98 Å². The van der Waals surface area contributed by atoms with E-state index >= 15 is 0 Å². The smallest absolute Gasteiger partial charge is 0.253 e. The number of ether oxygens (including phenoxy) is 1. The Morgan fingerprint density at radius 2 is 2.06 bits per heavy atom. The molecule has 0 radical (unpaired) electrons. The first-order chi connectivity index (χ1) is 8.74. The van der Waals surface area contributed by atoms with Gasteiger partial charge < -0.3 is 4.74 Å². The minimum atomic E-state index is 0.121. The Kier molecular flexibility index (Phi) is 3.20. The fraction of sp³-hybridized carbons (Fsp3) is 0.714. The fourth-order valence-corrected chi connectivity index (χ4v) is 2.67. The first kappa shape index (κ1) is 11.9. The predicted molar refractivity (Wildman–Crippen MR) is 68.8 cm³/mol. The molecule has 1 aromatic heterocycles. The molecule has 1 saturated heterocycles. The van der Waals surface area contributed by atoms with Crippen LogP contribution in [0.2, 0.25) is 0 Å². The Hall–Kier alpha value is -1.16. The van der Waals surface area contributed by atoms with Crippen molar-refractivity contribution in [2.75, 3.05) is 13.2 Å². The van der Waals surface area contributed by atoms with Gasteiger partial charge in [0.25, 0.3) is 5.56 Å². The summed E-state index contributed by atoms with van der Waals surface area (Å²) in [4.78, 5) is 16.8. The number of hydrogen-bond acceptors (Lipinski definition) is 3. The van der Waals surface area contributed by atoms with Crippen molar-refractivity contribution in [1.82, 2.24) is 9.55 Å². The lowest BCUT2D eigenvalue weighted by molar-refractivity contribution is 0.0605. The highest BCUT2D eigenvalue weighted by Gasteiger charge is 2.29. The molecule has 98 valence electrons. The summed E-state index contributed by atoms with van der Waals surface area (Å²) in [5, 5.41) is 0. The summed E-state index contributed by atoms with van der Waals surface area (Å²) in [5.74, 6) is 2.11. The maximum atomic E-state index is 12.2. The average Bonchev–Trinajstić information content (AvgIpc) is 3.18. The van der Waals surface area contributed by atoms with Crippen molar-refractivity contribution in [3.63, 3.8) is 0 Å². The third-order valence-corrected chi connectivity index (χ3v) is 3.89. The second kappa shape index (κ2) is 4.84. The summed E-state index contributed by atoms with van der Waals surface area (Å²) in [6.07, 6.45) is 4.49. The van der Waals surface area contributed by atoms with E-state index in [2.05, 4.69) is 4.98 Å². The first-order valence-electron chi connectivity index (χ1n) is 6.90. The fourth-order valence-electron chi connectivity index (χ4n) is 2.67. The average molecular weight is 248 g/mol. The van der Waals surface area contributed by atoms with Crippen LogP contribution in [0, 0.1) is 12.8 Å². The minimum Gasteiger partial charge on any atom is -0.381 e. The Balaban J connectivity index is 1.87. The third kappa shape index (κ3) is 2.48. The summed E-state index contributed by atoms with van der Waals surface area (Å²) in [7, 11) is 0. The van der Waals surface area contributed by atoms with Gasteiger partial charge in [-0.15, -0.1) is 0 Å². The second-order valence-corrected chi connectivity index (χ2v) is 5.53. The van der Waals surface area contributed by atoms with Crippen LogP contribution in [-0.4, -0.2) is 22.8 Å². The van der Waals surface area contributed by atoms with Gasteiger partial charge in [0, 0.05) is 37.4 Å². The number of nitrogens with zero attached hydrogens (tertiary/aromatic N) is 2. The normalized spacial score (nSPS) is 21.2. The first-order valence-corrected chi connectivity index (χ1v) is 6.90. The maximum Gasteiger partial charge on any atom is 0.253 e. The third-order valence-electron chi connectivity index (χ3n) is 3.89. The van der Waals surface area contributed by atoms with Crippen molar-refractivity contribution in [3.05, 3.63) is 27.9 Å². The lowest BCUT2D eigenvalue weighted by Gasteiger charge is -2.24. The van der Waals surface area contributed by atoms with Crippen LogP contribution in [0.5, 0.6) is 0 Å². The molecule has 2 aliphatic rings. The van der Waals surface area contributed by atoms with E-state index in [1.807, 2.05) is 11.5 Å². The number of rotatable bonds is 3. The van der Waals surface area contributed by atoms with Crippen molar-refractivity contribution in [3.8, 4) is 0 Å². The number of hydrogen-bond donors (Lipinski definition) is 0. The van der Waals surface area contributed by atoms with E-state index in [0.717, 1.165) is 44.1 Å². The molecule has 0 bridgehead atoms. The summed E-state index contributed by atoms with van der Waals surface area (Å²) in [6, 6.07) is 1.66. The van der Waals surface area contributed by atoms with E-state index in [9.17, 15) is 4.79 Å². The van der Waals surface area contributed by atoms with Gasteiger partial charge in [-0.2, -0.15) is 0 Å². The zero-order valence-corrected chi connectivity index (χ0v) is 10.9. The van der Waals surface area contributed by atoms with E-state index in [1.165, 1.54) is 12.8 Å². The summed E-state index contributed by atoms with van der Waals surface area (Å²) < 4.78 is 7.29. The van der Waals surface area contributed by atoms with Crippen molar-refractivity contribution < 1.29 is 4.74 Å². The van der Waals surface area contributed by atoms with Crippen LogP contribution in [0.4, 0.5) is 0 Å². The van der Waals surface area contributed by atoms with Gasteiger partial charge in [0.05, 0.1) is 0 Å². The van der Waals surface area contributed by atoms with Gasteiger partial charge in [-0.3, -0.25) is 9.36 Å². The van der Waals surface area contributed by atoms with E-state index in [0.29, 0.717) is 11.8 Å².